The average molecular weight is 455 g/mol. The Hall–Kier alpha value is -1.12. The molecule has 1 aromatic rings. The van der Waals surface area contributed by atoms with Crippen LogP contribution < -0.4 is 15.4 Å². The maximum Gasteiger partial charge on any atom is 0.272 e. The summed E-state index contributed by atoms with van der Waals surface area (Å²) in [5, 5.41) is 6.55. The van der Waals surface area contributed by atoms with E-state index in [4.69, 9.17) is 4.74 Å². The van der Waals surface area contributed by atoms with Crippen molar-refractivity contribution in [2.45, 2.75) is 46.7 Å². The molecule has 0 aromatic heterocycles. The molecule has 1 unspecified atom stereocenters. The zero-order chi connectivity index (χ0) is 17.2. The van der Waals surface area contributed by atoms with Crippen LogP contribution in [-0.2, 0) is 6.54 Å². The largest absolute Gasteiger partial charge is 0.488 e. The Morgan fingerprint density at radius 3 is 2.54 bits per heavy atom. The van der Waals surface area contributed by atoms with E-state index in [9.17, 15) is 8.78 Å². The molecule has 0 radical (unpaired) electrons. The summed E-state index contributed by atoms with van der Waals surface area (Å²) in [6.07, 6.45) is -2.47. The molecule has 0 spiro atoms. The number of guanidine groups is 1. The fraction of sp³-hybridized carbons (Fsp3) is 0.588. The average Bonchev–Trinajstić information content (AvgIpc) is 2.51. The van der Waals surface area contributed by atoms with Crippen molar-refractivity contribution in [3.63, 3.8) is 0 Å². The third-order valence-corrected chi connectivity index (χ3v) is 3.40. The summed E-state index contributed by atoms with van der Waals surface area (Å²) in [6.45, 7) is 9.03. The second-order valence-corrected chi connectivity index (χ2v) is 5.72. The lowest BCUT2D eigenvalue weighted by Crippen LogP contribution is -2.44. The zero-order valence-corrected chi connectivity index (χ0v) is 17.0. The van der Waals surface area contributed by atoms with Gasteiger partial charge >= 0.3 is 0 Å². The van der Waals surface area contributed by atoms with Crippen molar-refractivity contribution >= 4 is 29.9 Å². The molecule has 7 heteroatoms. The Kier molecular flexibility index (Phi) is 11.7. The SMILES string of the molecule is CCNC(=NCc1cccc(OCC(F)F)c1)NC(C)C(C)C.I. The minimum atomic E-state index is -2.47. The first kappa shape index (κ1) is 22.9. The molecular weight excluding hydrogens is 427 g/mol. The van der Waals surface area contributed by atoms with Gasteiger partial charge in [0.1, 0.15) is 12.4 Å². The number of rotatable bonds is 8. The molecule has 1 aromatic carbocycles. The lowest BCUT2D eigenvalue weighted by atomic mass is 10.1. The van der Waals surface area contributed by atoms with Crippen molar-refractivity contribution in [3.05, 3.63) is 29.8 Å². The van der Waals surface area contributed by atoms with E-state index in [-0.39, 0.29) is 24.0 Å². The number of halogens is 3. The van der Waals surface area contributed by atoms with Crippen LogP contribution in [-0.4, -0.2) is 31.6 Å². The van der Waals surface area contributed by atoms with E-state index >= 15 is 0 Å². The molecule has 0 heterocycles. The van der Waals surface area contributed by atoms with E-state index < -0.39 is 13.0 Å². The van der Waals surface area contributed by atoms with Gasteiger partial charge in [0.2, 0.25) is 0 Å². The van der Waals surface area contributed by atoms with Crippen LogP contribution in [0.4, 0.5) is 8.78 Å². The van der Waals surface area contributed by atoms with Crippen LogP contribution in [0, 0.1) is 5.92 Å². The number of aliphatic imine (C=N–C) groups is 1. The predicted molar refractivity (Wildman–Crippen MR) is 106 cm³/mol. The first-order valence-corrected chi connectivity index (χ1v) is 7.97. The minimum Gasteiger partial charge on any atom is -0.488 e. The van der Waals surface area contributed by atoms with E-state index in [0.29, 0.717) is 24.3 Å². The smallest absolute Gasteiger partial charge is 0.272 e. The summed E-state index contributed by atoms with van der Waals surface area (Å²) in [4.78, 5) is 4.53. The van der Waals surface area contributed by atoms with Crippen molar-refractivity contribution in [3.8, 4) is 5.75 Å². The summed E-state index contributed by atoms with van der Waals surface area (Å²) < 4.78 is 29.4. The van der Waals surface area contributed by atoms with Crippen LogP contribution in [0.1, 0.15) is 33.3 Å². The third-order valence-electron chi connectivity index (χ3n) is 3.40. The van der Waals surface area contributed by atoms with Gasteiger partial charge in [-0.15, -0.1) is 24.0 Å². The van der Waals surface area contributed by atoms with Crippen LogP contribution in [0.3, 0.4) is 0 Å². The number of hydrogen-bond donors (Lipinski definition) is 2. The third kappa shape index (κ3) is 9.24. The van der Waals surface area contributed by atoms with Gasteiger partial charge in [-0.1, -0.05) is 26.0 Å². The van der Waals surface area contributed by atoms with Gasteiger partial charge < -0.3 is 15.4 Å². The second-order valence-electron chi connectivity index (χ2n) is 5.72. The summed E-state index contributed by atoms with van der Waals surface area (Å²) in [5.41, 5.74) is 0.908. The maximum absolute atomic E-state index is 12.2. The fourth-order valence-corrected chi connectivity index (χ4v) is 1.77. The lowest BCUT2D eigenvalue weighted by molar-refractivity contribution is 0.0818. The lowest BCUT2D eigenvalue weighted by Gasteiger charge is -2.20. The number of alkyl halides is 2. The monoisotopic (exact) mass is 455 g/mol. The van der Waals surface area contributed by atoms with Gasteiger partial charge in [-0.3, -0.25) is 0 Å². The quantitative estimate of drug-likeness (QED) is 0.353. The van der Waals surface area contributed by atoms with Gasteiger partial charge in [-0.05, 0) is 37.5 Å². The zero-order valence-electron chi connectivity index (χ0n) is 14.7. The van der Waals surface area contributed by atoms with Crippen LogP contribution in [0.25, 0.3) is 0 Å². The summed E-state index contributed by atoms with van der Waals surface area (Å²) in [6, 6.07) is 7.38. The van der Waals surface area contributed by atoms with E-state index in [1.54, 1.807) is 18.2 Å². The Labute approximate surface area is 160 Å². The Morgan fingerprint density at radius 1 is 1.25 bits per heavy atom. The molecule has 0 saturated heterocycles. The van der Waals surface area contributed by atoms with Crippen LogP contribution in [0.5, 0.6) is 5.75 Å². The topological polar surface area (TPSA) is 45.7 Å². The molecule has 4 nitrogen and oxygen atoms in total. The fourth-order valence-electron chi connectivity index (χ4n) is 1.77. The Morgan fingerprint density at radius 2 is 1.96 bits per heavy atom. The van der Waals surface area contributed by atoms with Crippen molar-refractivity contribution in [1.82, 2.24) is 10.6 Å². The first-order chi connectivity index (χ1) is 10.9. The van der Waals surface area contributed by atoms with Crippen molar-refractivity contribution in [2.75, 3.05) is 13.2 Å². The van der Waals surface area contributed by atoms with Gasteiger partial charge in [-0.2, -0.15) is 0 Å². The van der Waals surface area contributed by atoms with Crippen LogP contribution >= 0.6 is 24.0 Å². The second kappa shape index (κ2) is 12.3. The maximum atomic E-state index is 12.2. The van der Waals surface area contributed by atoms with Gasteiger partial charge in [0.15, 0.2) is 5.96 Å². The number of benzene rings is 1. The van der Waals surface area contributed by atoms with Gasteiger partial charge in [-0.25, -0.2) is 13.8 Å². The highest BCUT2D eigenvalue weighted by molar-refractivity contribution is 14.0. The van der Waals surface area contributed by atoms with E-state index in [2.05, 4.69) is 36.4 Å². The molecule has 0 aliphatic heterocycles. The highest BCUT2D eigenvalue weighted by atomic mass is 127. The van der Waals surface area contributed by atoms with Gasteiger partial charge in [0, 0.05) is 12.6 Å². The molecule has 0 saturated carbocycles. The van der Waals surface area contributed by atoms with Crippen LogP contribution in [0.15, 0.2) is 29.3 Å². The summed E-state index contributed by atoms with van der Waals surface area (Å²) >= 11 is 0. The molecule has 2 N–H and O–H groups in total. The van der Waals surface area contributed by atoms with Gasteiger partial charge in [0.25, 0.3) is 6.43 Å². The van der Waals surface area contributed by atoms with Crippen molar-refractivity contribution in [1.29, 1.82) is 0 Å². The Bertz CT molecular complexity index is 498. The van der Waals surface area contributed by atoms with E-state index in [1.807, 2.05) is 13.0 Å². The molecule has 0 bridgehead atoms. The molecule has 0 aliphatic rings. The van der Waals surface area contributed by atoms with E-state index in [0.717, 1.165) is 18.1 Å². The van der Waals surface area contributed by atoms with Crippen molar-refractivity contribution < 1.29 is 13.5 Å². The molecule has 0 aliphatic carbocycles. The number of ether oxygens (including phenoxy) is 1. The van der Waals surface area contributed by atoms with Gasteiger partial charge in [0.05, 0.1) is 6.54 Å². The van der Waals surface area contributed by atoms with Crippen molar-refractivity contribution in [2.24, 2.45) is 10.9 Å². The number of nitrogens with one attached hydrogen (secondary N) is 2. The number of hydrogen-bond acceptors (Lipinski definition) is 2. The van der Waals surface area contributed by atoms with E-state index in [1.165, 1.54) is 0 Å². The highest BCUT2D eigenvalue weighted by Crippen LogP contribution is 2.15. The molecule has 0 fully saturated rings. The molecule has 0 amide bonds. The molecule has 1 atom stereocenters. The van der Waals surface area contributed by atoms with Crippen LogP contribution in [0.2, 0.25) is 0 Å². The summed E-state index contributed by atoms with van der Waals surface area (Å²) in [7, 11) is 0. The molecular formula is C17H28F2IN3O. The normalized spacial score (nSPS) is 12.8. The molecule has 1 rings (SSSR count). The summed E-state index contributed by atoms with van der Waals surface area (Å²) in [5.74, 6) is 1.67. The standard InChI is InChI=1S/C17H27F2N3O.HI/c1-5-20-17(22-13(4)12(2)3)21-10-14-7-6-8-15(9-14)23-11-16(18)19;/h6-9,12-13,16H,5,10-11H2,1-4H3,(H2,20,21,22);1H. The first-order valence-electron chi connectivity index (χ1n) is 7.97. The predicted octanol–water partition coefficient (Wildman–Crippen LogP) is 4.05. The minimum absolute atomic E-state index is 0. The molecule has 24 heavy (non-hydrogen) atoms. The highest BCUT2D eigenvalue weighted by Gasteiger charge is 2.09. The number of nitrogens with zero attached hydrogens (tertiary/aromatic N) is 1. The molecule has 138 valence electrons. The Balaban J connectivity index is 0.00000529.